The van der Waals surface area contributed by atoms with Crippen LogP contribution < -0.4 is 0 Å². The second-order valence-electron chi connectivity index (χ2n) is 5.07. The first kappa shape index (κ1) is 15.4. The summed E-state index contributed by atoms with van der Waals surface area (Å²) in [7, 11) is -1.26. The molecule has 0 bridgehead atoms. The second kappa shape index (κ2) is 5.99. The van der Waals surface area contributed by atoms with E-state index in [2.05, 4.69) is 0 Å². The third kappa shape index (κ3) is 4.55. The molecule has 0 aromatic heterocycles. The van der Waals surface area contributed by atoms with Crippen molar-refractivity contribution >= 4 is 15.8 Å². The van der Waals surface area contributed by atoms with Crippen LogP contribution in [-0.2, 0) is 19.4 Å². The van der Waals surface area contributed by atoms with Gasteiger partial charge in [-0.1, -0.05) is 0 Å². The number of hydrogen-bond acceptors (Lipinski definition) is 5. The van der Waals surface area contributed by atoms with Crippen LogP contribution in [0, 0.1) is 5.41 Å². The van der Waals surface area contributed by atoms with Crippen molar-refractivity contribution in [2.24, 2.45) is 5.41 Å². The Bertz CT molecular complexity index is 386. The summed E-state index contributed by atoms with van der Waals surface area (Å²) >= 11 is 0. The molecule has 0 amide bonds. The van der Waals surface area contributed by atoms with Crippen molar-refractivity contribution in [3.8, 4) is 0 Å². The van der Waals surface area contributed by atoms with Gasteiger partial charge in [0.05, 0.1) is 11.2 Å². The quantitative estimate of drug-likeness (QED) is 0.727. The molecule has 106 valence electrons. The fourth-order valence-corrected chi connectivity index (χ4v) is 2.76. The van der Waals surface area contributed by atoms with Crippen LogP contribution in [0.2, 0.25) is 0 Å². The van der Waals surface area contributed by atoms with Gasteiger partial charge in [-0.15, -0.1) is 0 Å². The van der Waals surface area contributed by atoms with Crippen molar-refractivity contribution in [1.29, 1.82) is 0 Å². The number of sulfone groups is 1. The average Bonchev–Trinajstić information content (AvgIpc) is 2.26. The van der Waals surface area contributed by atoms with Crippen molar-refractivity contribution < 1.29 is 23.1 Å². The summed E-state index contributed by atoms with van der Waals surface area (Å²) in [5.41, 5.74) is -0.801. The van der Waals surface area contributed by atoms with E-state index in [1.54, 1.807) is 11.9 Å². The van der Waals surface area contributed by atoms with Crippen molar-refractivity contribution in [2.45, 2.75) is 12.8 Å². The predicted octanol–water partition coefficient (Wildman–Crippen LogP) is -0.156. The number of ether oxygens (including phenoxy) is 1. The topological polar surface area (TPSA) is 83.9 Å². The summed E-state index contributed by atoms with van der Waals surface area (Å²) in [6.45, 7) is 1.62. The van der Waals surface area contributed by atoms with E-state index in [4.69, 9.17) is 4.74 Å². The SMILES string of the molecule is CN(CCS(C)(=O)=O)CC1(C(=O)O)CCOCC1. The highest BCUT2D eigenvalue weighted by Gasteiger charge is 2.40. The molecule has 1 N–H and O–H groups in total. The van der Waals surface area contributed by atoms with Gasteiger partial charge in [-0.2, -0.15) is 0 Å². The number of carboxylic acid groups (broad SMARTS) is 1. The average molecular weight is 279 g/mol. The van der Waals surface area contributed by atoms with Crippen molar-refractivity contribution in [1.82, 2.24) is 4.90 Å². The molecule has 0 aliphatic carbocycles. The molecule has 1 rings (SSSR count). The Morgan fingerprint density at radius 2 is 1.94 bits per heavy atom. The highest BCUT2D eigenvalue weighted by Crippen LogP contribution is 2.31. The molecule has 1 heterocycles. The smallest absolute Gasteiger partial charge is 0.311 e. The fourth-order valence-electron chi connectivity index (χ4n) is 2.12. The summed E-state index contributed by atoms with van der Waals surface area (Å²) in [4.78, 5) is 13.2. The molecule has 1 fully saturated rings. The lowest BCUT2D eigenvalue weighted by Gasteiger charge is -2.36. The monoisotopic (exact) mass is 279 g/mol. The molecule has 0 atom stereocenters. The lowest BCUT2D eigenvalue weighted by Crippen LogP contribution is -2.46. The molecule has 6 nitrogen and oxygen atoms in total. The zero-order chi connectivity index (χ0) is 13.8. The Balaban J connectivity index is 2.58. The van der Waals surface area contributed by atoms with Gasteiger partial charge >= 0.3 is 5.97 Å². The number of hydrogen-bond donors (Lipinski definition) is 1. The summed E-state index contributed by atoms with van der Waals surface area (Å²) < 4.78 is 27.4. The van der Waals surface area contributed by atoms with Crippen LogP contribution in [0.4, 0.5) is 0 Å². The summed E-state index contributed by atoms with van der Waals surface area (Å²) in [5, 5.41) is 9.37. The summed E-state index contributed by atoms with van der Waals surface area (Å²) in [6.07, 6.45) is 2.14. The molecule has 1 aliphatic rings. The van der Waals surface area contributed by atoms with Gasteiger partial charge in [0.15, 0.2) is 0 Å². The maximum Gasteiger partial charge on any atom is 0.311 e. The number of rotatable bonds is 6. The Kier molecular flexibility index (Phi) is 5.12. The van der Waals surface area contributed by atoms with E-state index < -0.39 is 21.2 Å². The van der Waals surface area contributed by atoms with Gasteiger partial charge in [0, 0.05) is 32.6 Å². The van der Waals surface area contributed by atoms with Crippen LogP contribution >= 0.6 is 0 Å². The Morgan fingerprint density at radius 3 is 2.39 bits per heavy atom. The van der Waals surface area contributed by atoms with Crippen LogP contribution in [0.15, 0.2) is 0 Å². The molecular formula is C11H21NO5S. The van der Waals surface area contributed by atoms with Gasteiger partial charge < -0.3 is 14.7 Å². The molecule has 1 saturated heterocycles. The van der Waals surface area contributed by atoms with Gasteiger partial charge in [0.1, 0.15) is 9.84 Å². The second-order valence-corrected chi connectivity index (χ2v) is 7.33. The standard InChI is InChI=1S/C11H21NO5S/c1-12(5-8-18(2,15)16)9-11(10(13)14)3-6-17-7-4-11/h3-9H2,1-2H3,(H,13,14). The van der Waals surface area contributed by atoms with Gasteiger partial charge in [0.2, 0.25) is 0 Å². The molecule has 0 radical (unpaired) electrons. The van der Waals surface area contributed by atoms with Crippen molar-refractivity contribution in [3.05, 3.63) is 0 Å². The highest BCUT2D eigenvalue weighted by atomic mass is 32.2. The molecule has 18 heavy (non-hydrogen) atoms. The van der Waals surface area contributed by atoms with Crippen LogP contribution in [0.5, 0.6) is 0 Å². The summed E-state index contributed by atoms with van der Waals surface area (Å²) in [5.74, 6) is -0.771. The zero-order valence-corrected chi connectivity index (χ0v) is 11.7. The van der Waals surface area contributed by atoms with E-state index in [0.717, 1.165) is 0 Å². The molecular weight excluding hydrogens is 258 g/mol. The maximum atomic E-state index is 11.4. The Labute approximate surface area is 108 Å². The molecule has 0 unspecified atom stereocenters. The van der Waals surface area contributed by atoms with Gasteiger partial charge in [-0.25, -0.2) is 8.42 Å². The molecule has 0 spiro atoms. The van der Waals surface area contributed by atoms with E-state index >= 15 is 0 Å². The number of carbonyl (C=O) groups is 1. The Morgan fingerprint density at radius 1 is 1.39 bits per heavy atom. The fraction of sp³-hybridized carbons (Fsp3) is 0.909. The van der Waals surface area contributed by atoms with Crippen molar-refractivity contribution in [2.75, 3.05) is 45.4 Å². The van der Waals surface area contributed by atoms with Gasteiger partial charge in [0.25, 0.3) is 0 Å². The molecule has 7 heteroatoms. The Hall–Kier alpha value is -0.660. The third-order valence-electron chi connectivity index (χ3n) is 3.32. The minimum atomic E-state index is -3.01. The van der Waals surface area contributed by atoms with E-state index in [0.29, 0.717) is 39.1 Å². The van der Waals surface area contributed by atoms with Gasteiger partial charge in [-0.05, 0) is 19.9 Å². The van der Waals surface area contributed by atoms with E-state index in [-0.39, 0.29) is 5.75 Å². The normalized spacial score (nSPS) is 19.9. The molecule has 0 aromatic rings. The largest absolute Gasteiger partial charge is 0.481 e. The predicted molar refractivity (Wildman–Crippen MR) is 67.3 cm³/mol. The molecule has 0 aromatic carbocycles. The molecule has 0 saturated carbocycles. The number of nitrogens with zero attached hydrogens (tertiary/aromatic N) is 1. The first-order chi connectivity index (χ1) is 8.25. The van der Waals surface area contributed by atoms with Crippen molar-refractivity contribution in [3.63, 3.8) is 0 Å². The van der Waals surface area contributed by atoms with Crippen LogP contribution in [0.1, 0.15) is 12.8 Å². The zero-order valence-electron chi connectivity index (χ0n) is 10.9. The lowest BCUT2D eigenvalue weighted by atomic mass is 9.80. The third-order valence-corrected chi connectivity index (χ3v) is 4.24. The van der Waals surface area contributed by atoms with E-state index in [1.807, 2.05) is 0 Å². The maximum absolute atomic E-state index is 11.4. The number of carboxylic acids is 1. The minimum Gasteiger partial charge on any atom is -0.481 e. The minimum absolute atomic E-state index is 0.0513. The highest BCUT2D eigenvalue weighted by molar-refractivity contribution is 7.90. The number of aliphatic carboxylic acids is 1. The summed E-state index contributed by atoms with van der Waals surface area (Å²) in [6, 6.07) is 0. The van der Waals surface area contributed by atoms with Gasteiger partial charge in [-0.3, -0.25) is 4.79 Å². The van der Waals surface area contributed by atoms with Crippen LogP contribution in [-0.4, -0.2) is 69.8 Å². The molecule has 1 aliphatic heterocycles. The van der Waals surface area contributed by atoms with Crippen LogP contribution in [0.3, 0.4) is 0 Å². The first-order valence-electron chi connectivity index (χ1n) is 5.93. The van der Waals surface area contributed by atoms with Crippen LogP contribution in [0.25, 0.3) is 0 Å². The van der Waals surface area contributed by atoms with E-state index in [1.165, 1.54) is 6.26 Å². The lowest BCUT2D eigenvalue weighted by molar-refractivity contribution is -0.156. The van der Waals surface area contributed by atoms with E-state index in [9.17, 15) is 18.3 Å². The first-order valence-corrected chi connectivity index (χ1v) is 7.99.